The monoisotopic (exact) mass is 509 g/mol. The van der Waals surface area contributed by atoms with E-state index in [0.717, 1.165) is 35.7 Å². The first-order valence-corrected chi connectivity index (χ1v) is 13.1. The fraction of sp³-hybridized carbons (Fsp3) is 0.536. The van der Waals surface area contributed by atoms with Crippen molar-refractivity contribution in [3.05, 3.63) is 41.0 Å². The molecule has 8 nitrogen and oxygen atoms in total. The number of aryl methyl sites for hydroxylation is 2. The Morgan fingerprint density at radius 1 is 1.16 bits per heavy atom. The number of halogens is 1. The molecular formula is C28H36FN5O3. The van der Waals surface area contributed by atoms with Gasteiger partial charge in [-0.2, -0.15) is 0 Å². The Balaban J connectivity index is 1.54. The molecule has 1 atom stereocenters. The summed E-state index contributed by atoms with van der Waals surface area (Å²) < 4.78 is 26.4. The van der Waals surface area contributed by atoms with Crippen LogP contribution in [0, 0.1) is 32.0 Å². The summed E-state index contributed by atoms with van der Waals surface area (Å²) in [7, 11) is 1.76. The fourth-order valence-corrected chi connectivity index (χ4v) is 5.78. The summed E-state index contributed by atoms with van der Waals surface area (Å²) in [5, 5.41) is 17.0. The van der Waals surface area contributed by atoms with Gasteiger partial charge in [0.1, 0.15) is 35.9 Å². The number of hydrogen-bond donors (Lipinski definition) is 2. The first-order chi connectivity index (χ1) is 17.8. The smallest absolute Gasteiger partial charge is 0.165 e. The van der Waals surface area contributed by atoms with Crippen molar-refractivity contribution in [2.45, 2.75) is 59.0 Å². The molecule has 0 bridgehead atoms. The molecule has 0 amide bonds. The first kappa shape index (κ1) is 25.6. The van der Waals surface area contributed by atoms with Crippen LogP contribution in [-0.4, -0.2) is 59.6 Å². The van der Waals surface area contributed by atoms with Gasteiger partial charge in [0.2, 0.25) is 0 Å². The third-order valence-corrected chi connectivity index (χ3v) is 7.72. The van der Waals surface area contributed by atoms with E-state index in [1.807, 2.05) is 20.8 Å². The number of aromatic nitrogens is 3. The molecule has 5 rings (SSSR count). The summed E-state index contributed by atoms with van der Waals surface area (Å²) in [6.45, 7) is 8.18. The molecule has 1 saturated carbocycles. The molecule has 2 N–H and O–H groups in total. The van der Waals surface area contributed by atoms with Gasteiger partial charge in [0.15, 0.2) is 5.82 Å². The minimum absolute atomic E-state index is 0.0894. The normalized spacial score (nSPS) is 17.6. The second-order valence-corrected chi connectivity index (χ2v) is 10.6. The van der Waals surface area contributed by atoms with Crippen LogP contribution in [0.2, 0.25) is 0 Å². The number of likely N-dealkylation sites (N-methyl/N-ethyl adjacent to an activating group) is 1. The van der Waals surface area contributed by atoms with Gasteiger partial charge in [0.05, 0.1) is 22.5 Å². The predicted octanol–water partition coefficient (Wildman–Crippen LogP) is 4.59. The van der Waals surface area contributed by atoms with E-state index in [1.165, 1.54) is 38.2 Å². The molecular weight excluding hydrogens is 473 g/mol. The quantitative estimate of drug-likeness (QED) is 0.455. The van der Waals surface area contributed by atoms with Crippen LogP contribution in [0.1, 0.15) is 49.1 Å². The maximum Gasteiger partial charge on any atom is 0.165 e. The number of nitrogens with one attached hydrogen (secondary N) is 1. The molecule has 198 valence electrons. The van der Waals surface area contributed by atoms with E-state index in [4.69, 9.17) is 19.2 Å². The Kier molecular flexibility index (Phi) is 7.18. The van der Waals surface area contributed by atoms with E-state index in [1.54, 1.807) is 19.2 Å². The van der Waals surface area contributed by atoms with Gasteiger partial charge in [0, 0.05) is 30.6 Å². The Morgan fingerprint density at radius 2 is 1.92 bits per heavy atom. The van der Waals surface area contributed by atoms with Crippen molar-refractivity contribution in [1.82, 2.24) is 20.4 Å². The lowest BCUT2D eigenvalue weighted by Gasteiger charge is -2.53. The second kappa shape index (κ2) is 10.4. The molecule has 1 spiro atoms. The number of nitrogens with zero attached hydrogens (tertiary/aromatic N) is 4. The first-order valence-electron chi connectivity index (χ1n) is 13.1. The van der Waals surface area contributed by atoms with Gasteiger partial charge in [0.25, 0.3) is 0 Å². The highest BCUT2D eigenvalue weighted by Gasteiger charge is 2.44. The van der Waals surface area contributed by atoms with Gasteiger partial charge in [-0.25, -0.2) is 14.4 Å². The molecule has 0 unspecified atom stereocenters. The lowest BCUT2D eigenvalue weighted by Crippen LogP contribution is -2.57. The highest BCUT2D eigenvalue weighted by molar-refractivity contribution is 5.75. The molecule has 37 heavy (non-hydrogen) atoms. The Labute approximate surface area is 217 Å². The minimum atomic E-state index is -0.676. The van der Waals surface area contributed by atoms with Crippen LogP contribution in [0.25, 0.3) is 22.6 Å². The Hall–Kier alpha value is -3.04. The topological polar surface area (TPSA) is 96.5 Å². The van der Waals surface area contributed by atoms with Crippen LogP contribution < -0.4 is 15.0 Å². The van der Waals surface area contributed by atoms with E-state index in [0.29, 0.717) is 35.0 Å². The number of hydrogen-bond acceptors (Lipinski definition) is 8. The number of rotatable bonds is 8. The molecule has 3 heterocycles. The van der Waals surface area contributed by atoms with Crippen molar-refractivity contribution in [3.63, 3.8) is 0 Å². The third-order valence-electron chi connectivity index (χ3n) is 7.72. The van der Waals surface area contributed by atoms with Crippen LogP contribution in [0.4, 0.5) is 10.2 Å². The highest BCUT2D eigenvalue weighted by atomic mass is 19.1. The largest absolute Gasteiger partial charge is 0.491 e. The van der Waals surface area contributed by atoms with Gasteiger partial charge in [-0.1, -0.05) is 24.4 Å². The lowest BCUT2D eigenvalue weighted by atomic mass is 9.68. The van der Waals surface area contributed by atoms with Gasteiger partial charge in [-0.15, -0.1) is 0 Å². The molecule has 0 radical (unpaired) electrons. The lowest BCUT2D eigenvalue weighted by molar-refractivity contribution is 0.108. The number of ether oxygens (including phenoxy) is 1. The van der Waals surface area contributed by atoms with Crippen molar-refractivity contribution in [3.8, 4) is 28.4 Å². The minimum Gasteiger partial charge on any atom is -0.491 e. The zero-order chi connectivity index (χ0) is 26.2. The van der Waals surface area contributed by atoms with Crippen molar-refractivity contribution in [2.75, 3.05) is 38.2 Å². The van der Waals surface area contributed by atoms with Crippen LogP contribution in [0.3, 0.4) is 0 Å². The van der Waals surface area contributed by atoms with Gasteiger partial charge in [-0.05, 0) is 58.9 Å². The van der Waals surface area contributed by atoms with Gasteiger partial charge >= 0.3 is 0 Å². The predicted molar refractivity (Wildman–Crippen MR) is 140 cm³/mol. The SMILES string of the molecule is CNC[C@@H](O)COc1ccc(F)c(-c2nc(-c3c(C)noc3C)c(C)c(N3CC4(CCCCC4)C3)n2)c1. The molecule has 1 aliphatic carbocycles. The van der Waals surface area contributed by atoms with E-state index in [-0.39, 0.29) is 12.2 Å². The van der Waals surface area contributed by atoms with Crippen molar-refractivity contribution in [2.24, 2.45) is 5.41 Å². The number of aliphatic hydroxyl groups excluding tert-OH is 1. The zero-order valence-corrected chi connectivity index (χ0v) is 22.1. The van der Waals surface area contributed by atoms with Crippen LogP contribution in [0.15, 0.2) is 22.7 Å². The highest BCUT2D eigenvalue weighted by Crippen LogP contribution is 2.47. The van der Waals surface area contributed by atoms with Gasteiger partial charge < -0.3 is 24.6 Å². The molecule has 2 aromatic heterocycles. The Morgan fingerprint density at radius 3 is 2.59 bits per heavy atom. The summed E-state index contributed by atoms with van der Waals surface area (Å²) in [5.74, 6) is 1.79. The van der Waals surface area contributed by atoms with Crippen molar-refractivity contribution < 1.29 is 18.8 Å². The summed E-state index contributed by atoms with van der Waals surface area (Å²) >= 11 is 0. The maximum absolute atomic E-state index is 15.2. The average molecular weight is 510 g/mol. The molecule has 2 fully saturated rings. The zero-order valence-electron chi connectivity index (χ0n) is 22.1. The molecule has 1 aromatic carbocycles. The summed E-state index contributed by atoms with van der Waals surface area (Å²) in [5.41, 5.74) is 3.81. The molecule has 2 aliphatic rings. The van der Waals surface area contributed by atoms with E-state index >= 15 is 4.39 Å². The summed E-state index contributed by atoms with van der Waals surface area (Å²) in [6.07, 6.45) is 5.72. The molecule has 1 saturated heterocycles. The van der Waals surface area contributed by atoms with Crippen molar-refractivity contribution in [1.29, 1.82) is 0 Å². The van der Waals surface area contributed by atoms with E-state index in [9.17, 15) is 5.11 Å². The second-order valence-electron chi connectivity index (χ2n) is 10.6. The maximum atomic E-state index is 15.2. The van der Waals surface area contributed by atoms with Crippen LogP contribution >= 0.6 is 0 Å². The van der Waals surface area contributed by atoms with E-state index < -0.39 is 11.9 Å². The van der Waals surface area contributed by atoms with Gasteiger partial charge in [-0.3, -0.25) is 0 Å². The third kappa shape index (κ3) is 5.07. The van der Waals surface area contributed by atoms with Crippen LogP contribution in [0.5, 0.6) is 5.75 Å². The number of anilines is 1. The Bertz CT molecular complexity index is 1240. The average Bonchev–Trinajstić information content (AvgIpc) is 3.20. The number of benzene rings is 1. The van der Waals surface area contributed by atoms with Crippen LogP contribution in [-0.2, 0) is 0 Å². The molecule has 9 heteroatoms. The standard InChI is InChI=1S/C28H36FN5O3/c1-17-25(24-18(2)33-37-19(24)3)31-26(32-27(17)34-15-28(16-34)10-6-5-7-11-28)22-12-21(8-9-23(22)29)36-14-20(35)13-30-4/h8-9,12,20,30,35H,5-7,10-11,13-16H2,1-4H3/t20-/m1/s1. The summed E-state index contributed by atoms with van der Waals surface area (Å²) in [6, 6.07) is 4.51. The fourth-order valence-electron chi connectivity index (χ4n) is 5.78. The molecule has 3 aromatic rings. The van der Waals surface area contributed by atoms with E-state index in [2.05, 4.69) is 15.4 Å². The van der Waals surface area contributed by atoms with Crippen molar-refractivity contribution >= 4 is 5.82 Å². The summed E-state index contributed by atoms with van der Waals surface area (Å²) in [4.78, 5) is 12.1. The molecule has 1 aliphatic heterocycles. The number of aliphatic hydroxyl groups is 1.